The average Bonchev–Trinajstić information content (AvgIpc) is 2.05. The molecule has 0 amide bonds. The van der Waals surface area contributed by atoms with Crippen LogP contribution in [0.3, 0.4) is 0 Å². The second kappa shape index (κ2) is 3.65. The van der Waals surface area contributed by atoms with Gasteiger partial charge in [0.15, 0.2) is 0 Å². The molecule has 1 aliphatic rings. The van der Waals surface area contributed by atoms with Gasteiger partial charge in [-0.3, -0.25) is 0 Å². The zero-order valence-electron chi connectivity index (χ0n) is 7.86. The van der Waals surface area contributed by atoms with Crippen LogP contribution in [0.5, 0.6) is 0 Å². The van der Waals surface area contributed by atoms with E-state index < -0.39 is 0 Å². The van der Waals surface area contributed by atoms with Gasteiger partial charge >= 0.3 is 0 Å². The van der Waals surface area contributed by atoms with Gasteiger partial charge in [0.25, 0.3) is 0 Å². The predicted octanol–water partition coefficient (Wildman–Crippen LogP) is 2.84. The van der Waals surface area contributed by atoms with Crippen molar-refractivity contribution in [2.24, 2.45) is 0 Å². The summed E-state index contributed by atoms with van der Waals surface area (Å²) in [5.41, 5.74) is 2.72. The van der Waals surface area contributed by atoms with E-state index in [1.54, 1.807) is 6.26 Å². The van der Waals surface area contributed by atoms with E-state index in [1.807, 2.05) is 0 Å². The van der Waals surface area contributed by atoms with Gasteiger partial charge in [0.1, 0.15) is 6.10 Å². The van der Waals surface area contributed by atoms with Crippen LogP contribution in [0.4, 0.5) is 0 Å². The van der Waals surface area contributed by atoms with E-state index in [-0.39, 0.29) is 0 Å². The lowest BCUT2D eigenvalue weighted by molar-refractivity contribution is 0.132. The second-order valence-electron chi connectivity index (χ2n) is 3.53. The maximum Gasteiger partial charge on any atom is 0.119 e. The van der Waals surface area contributed by atoms with Gasteiger partial charge in [0, 0.05) is 0 Å². The van der Waals surface area contributed by atoms with Gasteiger partial charge in [0.2, 0.25) is 0 Å². The summed E-state index contributed by atoms with van der Waals surface area (Å²) in [6.45, 7) is 2.11. The predicted molar refractivity (Wildman–Crippen MR) is 53.5 cm³/mol. The van der Waals surface area contributed by atoms with Gasteiger partial charge in [-0.2, -0.15) is 0 Å². The lowest BCUT2D eigenvalue weighted by atomic mass is 10.0. The lowest BCUT2D eigenvalue weighted by Crippen LogP contribution is -2.14. The lowest BCUT2D eigenvalue weighted by Gasteiger charge is -2.19. The number of hydrogen-bond acceptors (Lipinski definition) is 1. The highest BCUT2D eigenvalue weighted by Crippen LogP contribution is 2.14. The zero-order chi connectivity index (χ0) is 9.10. The van der Waals surface area contributed by atoms with E-state index in [1.165, 1.54) is 11.1 Å². The number of rotatable bonds is 3. The molecular weight excluding hydrogens is 160 g/mol. The molecule has 68 valence electrons. The first-order chi connectivity index (χ1) is 6.34. The van der Waals surface area contributed by atoms with Gasteiger partial charge in [-0.25, -0.2) is 0 Å². The zero-order valence-corrected chi connectivity index (χ0v) is 7.86. The Labute approximate surface area is 79.0 Å². The number of aryl methyl sites for hydroxylation is 2. The van der Waals surface area contributed by atoms with Crippen molar-refractivity contribution in [1.82, 2.24) is 0 Å². The summed E-state index contributed by atoms with van der Waals surface area (Å²) in [6.07, 6.45) is 6.43. The van der Waals surface area contributed by atoms with E-state index in [9.17, 15) is 0 Å². The fourth-order valence-electron chi connectivity index (χ4n) is 1.42. The van der Waals surface area contributed by atoms with Gasteiger partial charge in [-0.1, -0.05) is 29.8 Å². The summed E-state index contributed by atoms with van der Waals surface area (Å²) in [5, 5.41) is 0. The standard InChI is InChI=1S/C12H14O/c1-10-2-4-11(5-3-10)6-7-12-8-9-13-12/h2-5,8-9,12H,6-7H2,1H3. The fraction of sp³-hybridized carbons (Fsp3) is 0.333. The summed E-state index contributed by atoms with van der Waals surface area (Å²) < 4.78 is 5.20. The molecule has 0 N–H and O–H groups in total. The van der Waals surface area contributed by atoms with Crippen molar-refractivity contribution in [3.05, 3.63) is 47.7 Å². The highest BCUT2D eigenvalue weighted by Gasteiger charge is 2.10. The first-order valence-corrected chi connectivity index (χ1v) is 4.72. The first-order valence-electron chi connectivity index (χ1n) is 4.72. The van der Waals surface area contributed by atoms with Crippen molar-refractivity contribution in [3.8, 4) is 0 Å². The highest BCUT2D eigenvalue weighted by molar-refractivity contribution is 5.21. The van der Waals surface area contributed by atoms with Crippen molar-refractivity contribution >= 4 is 0 Å². The molecule has 1 unspecified atom stereocenters. The SMILES string of the molecule is Cc1ccc(CCC2C=CO2)cc1. The van der Waals surface area contributed by atoms with E-state index in [2.05, 4.69) is 37.3 Å². The van der Waals surface area contributed by atoms with Crippen molar-refractivity contribution in [3.63, 3.8) is 0 Å². The Kier molecular flexibility index (Phi) is 2.35. The normalized spacial score (nSPS) is 19.3. The Morgan fingerprint density at radius 3 is 2.46 bits per heavy atom. The van der Waals surface area contributed by atoms with Crippen LogP contribution in [0.2, 0.25) is 0 Å². The van der Waals surface area contributed by atoms with Crippen LogP contribution in [0.15, 0.2) is 36.6 Å². The third-order valence-electron chi connectivity index (χ3n) is 2.38. The molecule has 0 bridgehead atoms. The molecule has 1 heterocycles. The molecule has 1 nitrogen and oxygen atoms in total. The third kappa shape index (κ3) is 2.11. The maximum atomic E-state index is 5.20. The number of benzene rings is 1. The monoisotopic (exact) mass is 174 g/mol. The van der Waals surface area contributed by atoms with E-state index >= 15 is 0 Å². The molecule has 1 aromatic carbocycles. The van der Waals surface area contributed by atoms with Crippen LogP contribution in [0.25, 0.3) is 0 Å². The number of hydrogen-bond donors (Lipinski definition) is 0. The van der Waals surface area contributed by atoms with Crippen molar-refractivity contribution in [1.29, 1.82) is 0 Å². The molecule has 1 atom stereocenters. The van der Waals surface area contributed by atoms with Gasteiger partial charge in [-0.15, -0.1) is 0 Å². The molecule has 0 radical (unpaired) electrons. The smallest absolute Gasteiger partial charge is 0.119 e. The van der Waals surface area contributed by atoms with Crippen molar-refractivity contribution in [2.45, 2.75) is 25.9 Å². The summed E-state index contributed by atoms with van der Waals surface area (Å²) >= 11 is 0. The average molecular weight is 174 g/mol. The Morgan fingerprint density at radius 2 is 1.92 bits per heavy atom. The minimum atomic E-state index is 0.362. The Hall–Kier alpha value is -1.24. The van der Waals surface area contributed by atoms with Crippen LogP contribution >= 0.6 is 0 Å². The molecule has 0 spiro atoms. The topological polar surface area (TPSA) is 9.23 Å². The summed E-state index contributed by atoms with van der Waals surface area (Å²) in [6, 6.07) is 8.70. The quantitative estimate of drug-likeness (QED) is 0.684. The fourth-order valence-corrected chi connectivity index (χ4v) is 1.42. The Morgan fingerprint density at radius 1 is 1.23 bits per heavy atom. The van der Waals surface area contributed by atoms with Crippen LogP contribution < -0.4 is 0 Å². The molecular formula is C12H14O. The van der Waals surface area contributed by atoms with Crippen LogP contribution in [0, 0.1) is 6.92 Å². The molecule has 0 saturated heterocycles. The Bertz CT molecular complexity index is 297. The van der Waals surface area contributed by atoms with Crippen LogP contribution in [0.1, 0.15) is 17.5 Å². The maximum absolute atomic E-state index is 5.20. The molecule has 0 saturated carbocycles. The largest absolute Gasteiger partial charge is 0.494 e. The first kappa shape index (κ1) is 8.36. The third-order valence-corrected chi connectivity index (χ3v) is 2.38. The van der Waals surface area contributed by atoms with Gasteiger partial charge < -0.3 is 4.74 Å². The molecule has 1 aliphatic heterocycles. The molecule has 0 aliphatic carbocycles. The van der Waals surface area contributed by atoms with Crippen molar-refractivity contribution in [2.75, 3.05) is 0 Å². The van der Waals surface area contributed by atoms with Gasteiger partial charge in [-0.05, 0) is 31.4 Å². The molecule has 13 heavy (non-hydrogen) atoms. The molecule has 0 aromatic heterocycles. The van der Waals surface area contributed by atoms with Gasteiger partial charge in [0.05, 0.1) is 6.26 Å². The summed E-state index contributed by atoms with van der Waals surface area (Å²) in [4.78, 5) is 0. The van der Waals surface area contributed by atoms with Crippen molar-refractivity contribution < 1.29 is 4.74 Å². The van der Waals surface area contributed by atoms with E-state index in [4.69, 9.17) is 4.74 Å². The van der Waals surface area contributed by atoms with E-state index in [0.717, 1.165) is 12.8 Å². The minimum Gasteiger partial charge on any atom is -0.494 e. The summed E-state index contributed by atoms with van der Waals surface area (Å²) in [5.74, 6) is 0. The molecule has 2 rings (SSSR count). The van der Waals surface area contributed by atoms with Crippen LogP contribution in [-0.2, 0) is 11.2 Å². The van der Waals surface area contributed by atoms with E-state index in [0.29, 0.717) is 6.10 Å². The number of ether oxygens (including phenoxy) is 1. The molecule has 1 heteroatoms. The summed E-state index contributed by atoms with van der Waals surface area (Å²) in [7, 11) is 0. The van der Waals surface area contributed by atoms with Crippen LogP contribution in [-0.4, -0.2) is 6.10 Å². The highest BCUT2D eigenvalue weighted by atomic mass is 16.5. The Balaban J connectivity index is 1.87. The minimum absolute atomic E-state index is 0.362. The molecule has 0 fully saturated rings. The molecule has 1 aromatic rings. The second-order valence-corrected chi connectivity index (χ2v) is 3.53.